The van der Waals surface area contributed by atoms with E-state index in [1.165, 1.54) is 19.3 Å². The van der Waals surface area contributed by atoms with Gasteiger partial charge in [-0.2, -0.15) is 4.98 Å². The summed E-state index contributed by atoms with van der Waals surface area (Å²) in [6, 6.07) is 2.00. The molecule has 1 aromatic heterocycles. The van der Waals surface area contributed by atoms with Crippen LogP contribution in [0.1, 0.15) is 38.8 Å². The molecule has 0 atom stereocenters. The third-order valence-electron chi connectivity index (χ3n) is 3.45. The van der Waals surface area contributed by atoms with Crippen LogP contribution in [-0.2, 0) is 0 Å². The maximum atomic E-state index is 4.45. The molecule has 1 aromatic rings. The standard InChI is InChI=1S/C13H22N4/c1-4-14-12-16-10(2)8-11(17-12)15-9-13(3)6-5-7-13/h8H,4-7,9H2,1-3H3,(H2,14,15,16,17). The highest BCUT2D eigenvalue weighted by atomic mass is 15.1. The van der Waals surface area contributed by atoms with Crippen LogP contribution in [0.2, 0.25) is 0 Å². The van der Waals surface area contributed by atoms with E-state index in [-0.39, 0.29) is 0 Å². The van der Waals surface area contributed by atoms with Gasteiger partial charge < -0.3 is 10.6 Å². The molecule has 0 saturated heterocycles. The van der Waals surface area contributed by atoms with Gasteiger partial charge in [0.2, 0.25) is 5.95 Å². The summed E-state index contributed by atoms with van der Waals surface area (Å²) in [5.41, 5.74) is 1.47. The quantitative estimate of drug-likeness (QED) is 0.822. The molecule has 0 aliphatic heterocycles. The van der Waals surface area contributed by atoms with Crippen molar-refractivity contribution in [3.8, 4) is 0 Å². The molecule has 0 aromatic carbocycles. The molecular weight excluding hydrogens is 212 g/mol. The number of aromatic nitrogens is 2. The van der Waals surface area contributed by atoms with Crippen LogP contribution in [0.25, 0.3) is 0 Å². The summed E-state index contributed by atoms with van der Waals surface area (Å²) in [6.07, 6.45) is 4.01. The number of hydrogen-bond acceptors (Lipinski definition) is 4. The smallest absolute Gasteiger partial charge is 0.224 e. The van der Waals surface area contributed by atoms with Gasteiger partial charge in [0.15, 0.2) is 0 Å². The molecule has 4 nitrogen and oxygen atoms in total. The van der Waals surface area contributed by atoms with Crippen molar-refractivity contribution in [2.45, 2.75) is 40.0 Å². The monoisotopic (exact) mass is 234 g/mol. The molecule has 0 spiro atoms. The molecule has 0 radical (unpaired) electrons. The second kappa shape index (κ2) is 4.90. The lowest BCUT2D eigenvalue weighted by Crippen LogP contribution is -2.33. The van der Waals surface area contributed by atoms with Crippen LogP contribution in [0.5, 0.6) is 0 Å². The van der Waals surface area contributed by atoms with Crippen molar-refractivity contribution in [2.24, 2.45) is 5.41 Å². The lowest BCUT2D eigenvalue weighted by atomic mass is 9.70. The Hall–Kier alpha value is -1.32. The lowest BCUT2D eigenvalue weighted by Gasteiger charge is -2.38. The van der Waals surface area contributed by atoms with E-state index < -0.39 is 0 Å². The maximum absolute atomic E-state index is 4.45. The van der Waals surface area contributed by atoms with E-state index in [0.717, 1.165) is 24.6 Å². The van der Waals surface area contributed by atoms with Crippen LogP contribution < -0.4 is 10.6 Å². The van der Waals surface area contributed by atoms with Gasteiger partial charge in [-0.1, -0.05) is 13.3 Å². The largest absolute Gasteiger partial charge is 0.369 e. The first-order valence-electron chi connectivity index (χ1n) is 6.45. The fourth-order valence-electron chi connectivity index (χ4n) is 2.16. The van der Waals surface area contributed by atoms with Gasteiger partial charge in [-0.25, -0.2) is 4.98 Å². The molecule has 2 N–H and O–H groups in total. The Balaban J connectivity index is 1.99. The summed E-state index contributed by atoms with van der Waals surface area (Å²) < 4.78 is 0. The fraction of sp³-hybridized carbons (Fsp3) is 0.692. The van der Waals surface area contributed by atoms with E-state index in [9.17, 15) is 0 Å². The summed E-state index contributed by atoms with van der Waals surface area (Å²) in [4.78, 5) is 8.79. The number of nitrogens with zero attached hydrogens (tertiary/aromatic N) is 2. The van der Waals surface area contributed by atoms with Crippen LogP contribution in [0, 0.1) is 12.3 Å². The van der Waals surface area contributed by atoms with Crippen LogP contribution in [0.3, 0.4) is 0 Å². The van der Waals surface area contributed by atoms with Crippen molar-refractivity contribution < 1.29 is 0 Å². The Morgan fingerprint density at radius 2 is 2.06 bits per heavy atom. The minimum absolute atomic E-state index is 0.469. The molecule has 0 bridgehead atoms. The van der Waals surface area contributed by atoms with E-state index in [0.29, 0.717) is 11.4 Å². The van der Waals surface area contributed by atoms with E-state index in [2.05, 4.69) is 27.5 Å². The molecule has 1 heterocycles. The third-order valence-corrected chi connectivity index (χ3v) is 3.45. The molecule has 2 rings (SSSR count). The van der Waals surface area contributed by atoms with E-state index in [4.69, 9.17) is 0 Å². The summed E-state index contributed by atoms with van der Waals surface area (Å²) in [6.45, 7) is 8.24. The average molecular weight is 234 g/mol. The van der Waals surface area contributed by atoms with Gasteiger partial charge in [0.1, 0.15) is 5.82 Å². The molecule has 94 valence electrons. The first-order valence-corrected chi connectivity index (χ1v) is 6.45. The van der Waals surface area contributed by atoms with Crippen LogP contribution in [0.4, 0.5) is 11.8 Å². The van der Waals surface area contributed by atoms with Crippen molar-refractivity contribution in [3.05, 3.63) is 11.8 Å². The zero-order valence-electron chi connectivity index (χ0n) is 11.0. The van der Waals surface area contributed by atoms with Crippen molar-refractivity contribution >= 4 is 11.8 Å². The van der Waals surface area contributed by atoms with Gasteiger partial charge in [-0.3, -0.25) is 0 Å². The minimum Gasteiger partial charge on any atom is -0.369 e. The van der Waals surface area contributed by atoms with Crippen molar-refractivity contribution in [1.29, 1.82) is 0 Å². The predicted molar refractivity (Wildman–Crippen MR) is 71.4 cm³/mol. The molecule has 17 heavy (non-hydrogen) atoms. The van der Waals surface area contributed by atoms with Gasteiger partial charge >= 0.3 is 0 Å². The van der Waals surface area contributed by atoms with Crippen molar-refractivity contribution in [2.75, 3.05) is 23.7 Å². The first kappa shape index (κ1) is 12.1. The normalized spacial score (nSPS) is 17.4. The lowest BCUT2D eigenvalue weighted by molar-refractivity contribution is 0.180. The first-order chi connectivity index (χ1) is 8.11. The van der Waals surface area contributed by atoms with Gasteiger partial charge in [-0.15, -0.1) is 0 Å². The average Bonchev–Trinajstić information content (AvgIpc) is 2.23. The third kappa shape index (κ3) is 3.08. The Bertz CT molecular complexity index is 385. The number of anilines is 2. The Kier molecular flexibility index (Phi) is 3.50. The summed E-state index contributed by atoms with van der Waals surface area (Å²) in [7, 11) is 0. The SMILES string of the molecule is CCNc1nc(C)cc(NCC2(C)CCC2)n1. The van der Waals surface area contributed by atoms with Gasteiger partial charge in [0, 0.05) is 24.8 Å². The highest BCUT2D eigenvalue weighted by molar-refractivity contribution is 5.42. The van der Waals surface area contributed by atoms with E-state index in [1.807, 2.05) is 19.9 Å². The number of nitrogens with one attached hydrogen (secondary N) is 2. The minimum atomic E-state index is 0.469. The molecular formula is C13H22N4. The Morgan fingerprint density at radius 3 is 2.65 bits per heavy atom. The molecule has 1 aliphatic carbocycles. The van der Waals surface area contributed by atoms with Crippen molar-refractivity contribution in [3.63, 3.8) is 0 Å². The Morgan fingerprint density at radius 1 is 1.29 bits per heavy atom. The highest BCUT2D eigenvalue weighted by Gasteiger charge is 2.31. The Labute approximate surface area is 103 Å². The summed E-state index contributed by atoms with van der Waals surface area (Å²) in [5, 5.41) is 6.59. The molecule has 1 aliphatic rings. The maximum Gasteiger partial charge on any atom is 0.224 e. The van der Waals surface area contributed by atoms with E-state index >= 15 is 0 Å². The van der Waals surface area contributed by atoms with Crippen LogP contribution >= 0.6 is 0 Å². The molecule has 1 fully saturated rings. The predicted octanol–water partition coefficient (Wildman–Crippen LogP) is 2.82. The molecule has 0 unspecified atom stereocenters. The summed E-state index contributed by atoms with van der Waals surface area (Å²) in [5.74, 6) is 1.65. The molecule has 4 heteroatoms. The second-order valence-electron chi connectivity index (χ2n) is 5.27. The zero-order chi connectivity index (χ0) is 12.3. The van der Waals surface area contributed by atoms with Gasteiger partial charge in [-0.05, 0) is 32.1 Å². The van der Waals surface area contributed by atoms with Gasteiger partial charge in [0.25, 0.3) is 0 Å². The van der Waals surface area contributed by atoms with Gasteiger partial charge in [0.05, 0.1) is 0 Å². The topological polar surface area (TPSA) is 49.8 Å². The highest BCUT2D eigenvalue weighted by Crippen LogP contribution is 2.40. The van der Waals surface area contributed by atoms with Crippen molar-refractivity contribution in [1.82, 2.24) is 9.97 Å². The van der Waals surface area contributed by atoms with E-state index in [1.54, 1.807) is 0 Å². The number of hydrogen-bond donors (Lipinski definition) is 2. The molecule has 1 saturated carbocycles. The number of aryl methyl sites for hydroxylation is 1. The van der Waals surface area contributed by atoms with Crippen LogP contribution in [-0.4, -0.2) is 23.1 Å². The summed E-state index contributed by atoms with van der Waals surface area (Å²) >= 11 is 0. The van der Waals surface area contributed by atoms with Crippen LogP contribution in [0.15, 0.2) is 6.07 Å². The zero-order valence-corrected chi connectivity index (χ0v) is 11.0. The number of rotatable bonds is 5. The fourth-order valence-corrected chi connectivity index (χ4v) is 2.16. The molecule has 0 amide bonds. The second-order valence-corrected chi connectivity index (χ2v) is 5.27.